The van der Waals surface area contributed by atoms with Crippen LogP contribution in [0.1, 0.15) is 123 Å². The van der Waals surface area contributed by atoms with Crippen molar-refractivity contribution in [3.63, 3.8) is 0 Å². The SMILES string of the molecule is CCCCCC1(CCCCC)O[C@@H]2[C@H]3ON(Cc4ccc(C=CC(=O)N(C)C)cc4)[C@H]4C(=O)OC(CC34C(=O)NCCC(=O)N[C@H](CO)CCC(=O)OC(C)(C)C)[C@@H]2O1. The van der Waals surface area contributed by atoms with Crippen molar-refractivity contribution < 1.29 is 52.9 Å². The van der Waals surface area contributed by atoms with E-state index < -0.39 is 77.1 Å². The molecule has 1 aromatic rings. The molecule has 3 aliphatic heterocycles. The summed E-state index contributed by atoms with van der Waals surface area (Å²) in [5, 5.41) is 17.1. The molecular weight excluding hydrogens is 761 g/mol. The number of esters is 2. The van der Waals surface area contributed by atoms with Crippen LogP contribution < -0.4 is 10.6 Å². The molecule has 3 saturated heterocycles. The molecule has 1 aromatic carbocycles. The molecular formula is C44H66N4O11. The summed E-state index contributed by atoms with van der Waals surface area (Å²) in [6, 6.07) is 5.71. The molecule has 59 heavy (non-hydrogen) atoms. The monoisotopic (exact) mass is 826 g/mol. The van der Waals surface area contributed by atoms with Gasteiger partial charge < -0.3 is 39.6 Å². The van der Waals surface area contributed by atoms with Gasteiger partial charge in [-0.2, -0.15) is 5.06 Å². The molecule has 7 atom stereocenters. The van der Waals surface area contributed by atoms with Crippen molar-refractivity contribution in [1.29, 1.82) is 0 Å². The maximum absolute atomic E-state index is 14.7. The first-order chi connectivity index (χ1) is 28.0. The summed E-state index contributed by atoms with van der Waals surface area (Å²) in [4.78, 5) is 74.4. The molecule has 5 rings (SSSR count). The van der Waals surface area contributed by atoms with Gasteiger partial charge in [0.2, 0.25) is 17.7 Å². The fourth-order valence-corrected chi connectivity index (χ4v) is 8.58. The number of hydroxylamine groups is 2. The minimum Gasteiger partial charge on any atom is -0.460 e. The summed E-state index contributed by atoms with van der Waals surface area (Å²) in [5.41, 5.74) is -0.444. The number of hydrogen-bond acceptors (Lipinski definition) is 12. The van der Waals surface area contributed by atoms with Gasteiger partial charge in [-0.05, 0) is 57.2 Å². The van der Waals surface area contributed by atoms with Crippen molar-refractivity contribution in [1.82, 2.24) is 20.6 Å². The molecule has 4 aliphatic rings. The van der Waals surface area contributed by atoms with Crippen LogP contribution in [-0.4, -0.2) is 120 Å². The van der Waals surface area contributed by atoms with Gasteiger partial charge >= 0.3 is 11.9 Å². The van der Waals surface area contributed by atoms with Gasteiger partial charge in [-0.15, -0.1) is 0 Å². The van der Waals surface area contributed by atoms with Crippen LogP contribution in [0.3, 0.4) is 0 Å². The number of nitrogens with one attached hydrogen (secondary N) is 2. The zero-order valence-electron chi connectivity index (χ0n) is 36.0. The molecule has 0 aromatic heterocycles. The average Bonchev–Trinajstić information content (AvgIpc) is 3.73. The van der Waals surface area contributed by atoms with Gasteiger partial charge in [0.1, 0.15) is 35.4 Å². The summed E-state index contributed by atoms with van der Waals surface area (Å²) in [6.45, 7) is 9.32. The van der Waals surface area contributed by atoms with Crippen LogP contribution in [0.25, 0.3) is 6.08 Å². The van der Waals surface area contributed by atoms with E-state index in [-0.39, 0.29) is 51.3 Å². The van der Waals surface area contributed by atoms with E-state index >= 15 is 0 Å². The topological polar surface area (TPSA) is 182 Å². The van der Waals surface area contributed by atoms with Crippen molar-refractivity contribution in [2.75, 3.05) is 27.2 Å². The average molecular weight is 827 g/mol. The molecule has 1 saturated carbocycles. The van der Waals surface area contributed by atoms with Crippen LogP contribution >= 0.6 is 0 Å². The van der Waals surface area contributed by atoms with Crippen molar-refractivity contribution in [2.45, 2.75) is 166 Å². The number of unbranched alkanes of at least 4 members (excludes halogenated alkanes) is 4. The Balaban J connectivity index is 1.35. The number of aliphatic hydroxyl groups is 1. The highest BCUT2D eigenvalue weighted by Gasteiger charge is 2.76. The predicted molar refractivity (Wildman–Crippen MR) is 218 cm³/mol. The van der Waals surface area contributed by atoms with E-state index in [9.17, 15) is 29.1 Å². The fraction of sp³-hybridized carbons (Fsp3) is 0.705. The van der Waals surface area contributed by atoms with Crippen LogP contribution in [0.4, 0.5) is 0 Å². The van der Waals surface area contributed by atoms with Gasteiger partial charge in [-0.25, -0.2) is 0 Å². The summed E-state index contributed by atoms with van der Waals surface area (Å²) in [7, 11) is 3.36. The molecule has 1 aliphatic carbocycles. The predicted octanol–water partition coefficient (Wildman–Crippen LogP) is 4.33. The first kappa shape index (κ1) is 46.2. The Kier molecular flexibility index (Phi) is 15.7. The number of aliphatic hydroxyl groups excluding tert-OH is 1. The first-order valence-electron chi connectivity index (χ1n) is 21.4. The highest BCUT2D eigenvalue weighted by molar-refractivity contribution is 5.94. The molecule has 328 valence electrons. The minimum absolute atomic E-state index is 0.0178. The molecule has 4 fully saturated rings. The van der Waals surface area contributed by atoms with E-state index in [1.807, 2.05) is 24.3 Å². The number of carbonyl (C=O) groups excluding carboxylic acids is 5. The number of likely N-dealkylation sites (N-methyl/N-ethyl adjacent to an activating group) is 1. The number of benzene rings is 1. The van der Waals surface area contributed by atoms with Gasteiger partial charge in [0.05, 0.1) is 19.2 Å². The van der Waals surface area contributed by atoms with Crippen LogP contribution in [-0.2, 0) is 54.3 Å². The Morgan fingerprint density at radius 3 is 2.27 bits per heavy atom. The van der Waals surface area contributed by atoms with Gasteiger partial charge in [0.15, 0.2) is 11.8 Å². The Labute approximate surface area is 348 Å². The molecule has 15 nitrogen and oxygen atoms in total. The molecule has 3 amide bonds. The number of amides is 3. The van der Waals surface area contributed by atoms with E-state index in [2.05, 4.69) is 24.5 Å². The molecule has 3 heterocycles. The first-order valence-corrected chi connectivity index (χ1v) is 21.4. The van der Waals surface area contributed by atoms with E-state index in [0.717, 1.165) is 49.7 Å². The smallest absolute Gasteiger partial charge is 0.327 e. The minimum atomic E-state index is -1.42. The number of rotatable bonds is 21. The van der Waals surface area contributed by atoms with Gasteiger partial charge in [-0.3, -0.25) is 28.8 Å². The Hall–Kier alpha value is -3.89. The number of fused-ring (bicyclic) bond motifs is 4. The number of carbonyl (C=O) groups is 5. The van der Waals surface area contributed by atoms with Gasteiger partial charge in [0.25, 0.3) is 0 Å². The second kappa shape index (κ2) is 20.1. The second-order valence-electron chi connectivity index (χ2n) is 17.6. The number of nitrogens with zero attached hydrogens (tertiary/aromatic N) is 2. The van der Waals surface area contributed by atoms with Gasteiger partial charge in [0, 0.05) is 58.8 Å². The lowest BCUT2D eigenvalue weighted by Gasteiger charge is -2.48. The lowest BCUT2D eigenvalue weighted by molar-refractivity contribution is -0.224. The zero-order valence-corrected chi connectivity index (χ0v) is 36.0. The lowest BCUT2D eigenvalue weighted by Crippen LogP contribution is -2.69. The second-order valence-corrected chi connectivity index (χ2v) is 17.6. The Bertz CT molecular complexity index is 1650. The third-order valence-electron chi connectivity index (χ3n) is 11.5. The molecule has 0 spiro atoms. The maximum atomic E-state index is 14.7. The van der Waals surface area contributed by atoms with E-state index in [0.29, 0.717) is 12.8 Å². The molecule has 3 N–H and O–H groups in total. The molecule has 2 unspecified atom stereocenters. The fourth-order valence-electron chi connectivity index (χ4n) is 8.58. The van der Waals surface area contributed by atoms with E-state index in [1.54, 1.807) is 40.9 Å². The maximum Gasteiger partial charge on any atom is 0.327 e. The molecule has 2 bridgehead atoms. The summed E-state index contributed by atoms with van der Waals surface area (Å²) in [5.74, 6) is -2.93. The normalized spacial score (nSPS) is 26.2. The lowest BCUT2D eigenvalue weighted by atomic mass is 9.62. The largest absolute Gasteiger partial charge is 0.460 e. The summed E-state index contributed by atoms with van der Waals surface area (Å²) < 4.78 is 25.3. The molecule has 0 radical (unpaired) electrons. The standard InChI is InChI=1S/C44H66N4O11/c1-8-10-12-23-43(24-13-11-9-2)57-36-32-26-44(41(54)45-25-22-33(50)46-31(28-49)19-21-35(52)56-42(3,4)5)38(40(53)55-32)48(59-39(44)37(36)58-43)27-30-16-14-29(15-17-30)18-20-34(51)47(6)7/h14-18,20,31-32,36-39,49H,8-13,19,21-28H2,1-7H3,(H,45,54)(H,46,50)/t31-,32?,36-,37-,38-,39+,44?/m0/s1. The van der Waals surface area contributed by atoms with Crippen LogP contribution in [0.15, 0.2) is 30.3 Å². The third-order valence-corrected chi connectivity index (χ3v) is 11.5. The molecule has 15 heteroatoms. The van der Waals surface area contributed by atoms with Crippen molar-refractivity contribution in [2.24, 2.45) is 5.41 Å². The van der Waals surface area contributed by atoms with Crippen LogP contribution in [0.2, 0.25) is 0 Å². The number of hydrogen-bond donors (Lipinski definition) is 3. The van der Waals surface area contributed by atoms with E-state index in [1.165, 1.54) is 16.0 Å². The van der Waals surface area contributed by atoms with Crippen LogP contribution in [0.5, 0.6) is 0 Å². The zero-order chi connectivity index (χ0) is 43.0. The van der Waals surface area contributed by atoms with E-state index in [4.69, 9.17) is 23.8 Å². The Morgan fingerprint density at radius 2 is 1.66 bits per heavy atom. The summed E-state index contributed by atoms with van der Waals surface area (Å²) in [6.07, 6.45) is 7.69. The Morgan fingerprint density at radius 1 is 1.00 bits per heavy atom. The van der Waals surface area contributed by atoms with Crippen LogP contribution in [0, 0.1) is 5.41 Å². The van der Waals surface area contributed by atoms with Crippen molar-refractivity contribution >= 4 is 35.7 Å². The van der Waals surface area contributed by atoms with Crippen molar-refractivity contribution in [3.05, 3.63) is 41.5 Å². The quantitative estimate of drug-likeness (QED) is 0.0908. The highest BCUT2D eigenvalue weighted by Crippen LogP contribution is 2.58. The third kappa shape index (κ3) is 11.3. The van der Waals surface area contributed by atoms with Gasteiger partial charge in [-0.1, -0.05) is 63.8 Å². The highest BCUT2D eigenvalue weighted by atomic mass is 16.8. The van der Waals surface area contributed by atoms with Crippen molar-refractivity contribution in [3.8, 4) is 0 Å². The number of ether oxygens (including phenoxy) is 4. The summed E-state index contributed by atoms with van der Waals surface area (Å²) >= 11 is 0.